The minimum Gasteiger partial charge on any atom is -0.377 e. The van der Waals surface area contributed by atoms with Crippen LogP contribution in [0.1, 0.15) is 18.0 Å². The van der Waals surface area contributed by atoms with E-state index in [2.05, 4.69) is 16.3 Å². The lowest BCUT2D eigenvalue weighted by molar-refractivity contribution is -0.00461. The average Bonchev–Trinajstić information content (AvgIpc) is 2.92. The molecular formula is C16H25ClN2O2. The Hall–Kier alpha value is -0.650. The number of rotatable bonds is 7. The summed E-state index contributed by atoms with van der Waals surface area (Å²) in [6.07, 6.45) is 1.35. The SMILES string of the molecule is CNC(CCN1CC(OC)C(OC)C1)c1ccccc1Cl. The maximum atomic E-state index is 6.29. The molecular weight excluding hydrogens is 288 g/mol. The van der Waals surface area contributed by atoms with Gasteiger partial charge in [0.05, 0.1) is 12.2 Å². The summed E-state index contributed by atoms with van der Waals surface area (Å²) in [6.45, 7) is 2.85. The maximum absolute atomic E-state index is 6.29. The van der Waals surface area contributed by atoms with Gasteiger partial charge in [-0.3, -0.25) is 4.90 Å². The van der Waals surface area contributed by atoms with Gasteiger partial charge in [-0.25, -0.2) is 0 Å². The summed E-state index contributed by atoms with van der Waals surface area (Å²) in [4.78, 5) is 2.39. The Morgan fingerprint density at radius 3 is 2.38 bits per heavy atom. The predicted octanol–water partition coefficient (Wildman–Crippen LogP) is 2.34. The molecule has 21 heavy (non-hydrogen) atoms. The molecule has 0 radical (unpaired) electrons. The molecule has 1 aliphatic rings. The molecule has 0 spiro atoms. The molecule has 1 aliphatic heterocycles. The maximum Gasteiger partial charge on any atom is 0.0971 e. The summed E-state index contributed by atoms with van der Waals surface area (Å²) in [7, 11) is 5.48. The molecule has 0 bridgehead atoms. The van der Waals surface area contributed by atoms with Crippen molar-refractivity contribution < 1.29 is 9.47 Å². The van der Waals surface area contributed by atoms with E-state index in [0.717, 1.165) is 36.6 Å². The molecule has 3 unspecified atom stereocenters. The summed E-state index contributed by atoms with van der Waals surface area (Å²) in [6, 6.07) is 8.29. The van der Waals surface area contributed by atoms with Crippen molar-refractivity contribution in [3.63, 3.8) is 0 Å². The number of hydrogen-bond donors (Lipinski definition) is 1. The second-order valence-electron chi connectivity index (χ2n) is 5.46. The van der Waals surface area contributed by atoms with Crippen LogP contribution in [0.4, 0.5) is 0 Å². The van der Waals surface area contributed by atoms with Crippen molar-refractivity contribution in [2.45, 2.75) is 24.7 Å². The fraction of sp³-hybridized carbons (Fsp3) is 0.625. The molecule has 1 fully saturated rings. The van der Waals surface area contributed by atoms with E-state index < -0.39 is 0 Å². The number of nitrogens with zero attached hydrogens (tertiary/aromatic N) is 1. The summed E-state index contributed by atoms with van der Waals surface area (Å²) in [5.41, 5.74) is 1.16. The standard InChI is InChI=1S/C16H25ClN2O2/c1-18-14(12-6-4-5-7-13(12)17)8-9-19-10-15(20-2)16(11-19)21-3/h4-7,14-16,18H,8-11H2,1-3H3. The average molecular weight is 313 g/mol. The van der Waals surface area contributed by atoms with Gasteiger partial charge >= 0.3 is 0 Å². The molecule has 4 nitrogen and oxygen atoms in total. The van der Waals surface area contributed by atoms with Gasteiger partial charge in [0.15, 0.2) is 0 Å². The highest BCUT2D eigenvalue weighted by atomic mass is 35.5. The van der Waals surface area contributed by atoms with Gasteiger partial charge in [0.2, 0.25) is 0 Å². The van der Waals surface area contributed by atoms with Crippen molar-refractivity contribution in [1.82, 2.24) is 10.2 Å². The van der Waals surface area contributed by atoms with Crippen LogP contribution in [0.25, 0.3) is 0 Å². The summed E-state index contributed by atoms with van der Waals surface area (Å²) >= 11 is 6.29. The number of nitrogens with one attached hydrogen (secondary N) is 1. The van der Waals surface area contributed by atoms with Crippen LogP contribution in [0.5, 0.6) is 0 Å². The topological polar surface area (TPSA) is 33.7 Å². The first kappa shape index (κ1) is 16.7. The van der Waals surface area contributed by atoms with Gasteiger partial charge in [-0.2, -0.15) is 0 Å². The summed E-state index contributed by atoms with van der Waals surface area (Å²) in [5.74, 6) is 0. The third-order valence-corrected chi connectivity index (χ3v) is 4.60. The summed E-state index contributed by atoms with van der Waals surface area (Å²) < 4.78 is 11.0. The first-order chi connectivity index (χ1) is 10.2. The van der Waals surface area contributed by atoms with Crippen LogP contribution in [-0.4, -0.2) is 58.0 Å². The van der Waals surface area contributed by atoms with E-state index in [1.165, 1.54) is 0 Å². The Kier molecular flexibility index (Phi) is 6.45. The van der Waals surface area contributed by atoms with Crippen LogP contribution in [0.2, 0.25) is 5.02 Å². The van der Waals surface area contributed by atoms with Crippen molar-refractivity contribution in [3.05, 3.63) is 34.9 Å². The molecule has 3 atom stereocenters. The normalized spacial score (nSPS) is 24.4. The van der Waals surface area contributed by atoms with E-state index in [-0.39, 0.29) is 18.2 Å². The van der Waals surface area contributed by atoms with E-state index in [1.54, 1.807) is 14.2 Å². The lowest BCUT2D eigenvalue weighted by atomic mass is 10.0. The molecule has 5 heteroatoms. The van der Waals surface area contributed by atoms with Crippen LogP contribution in [0, 0.1) is 0 Å². The zero-order chi connectivity index (χ0) is 15.2. The lowest BCUT2D eigenvalue weighted by Gasteiger charge is -2.22. The van der Waals surface area contributed by atoms with Gasteiger partial charge in [-0.05, 0) is 25.1 Å². The fourth-order valence-electron chi connectivity index (χ4n) is 2.98. The zero-order valence-corrected chi connectivity index (χ0v) is 13.8. The molecule has 1 heterocycles. The van der Waals surface area contributed by atoms with Gasteiger partial charge < -0.3 is 14.8 Å². The van der Waals surface area contributed by atoms with E-state index in [4.69, 9.17) is 21.1 Å². The molecule has 1 aromatic rings. The second-order valence-corrected chi connectivity index (χ2v) is 5.87. The number of benzene rings is 1. The number of hydrogen-bond acceptors (Lipinski definition) is 4. The third-order valence-electron chi connectivity index (χ3n) is 4.26. The minimum absolute atomic E-state index is 0.170. The largest absolute Gasteiger partial charge is 0.377 e. The smallest absolute Gasteiger partial charge is 0.0971 e. The van der Waals surface area contributed by atoms with Gasteiger partial charge in [-0.1, -0.05) is 29.8 Å². The fourth-order valence-corrected chi connectivity index (χ4v) is 3.25. The number of likely N-dealkylation sites (tertiary alicyclic amines) is 1. The van der Waals surface area contributed by atoms with E-state index in [1.807, 2.05) is 25.2 Å². The number of halogens is 1. The van der Waals surface area contributed by atoms with Crippen LogP contribution < -0.4 is 5.32 Å². The molecule has 118 valence electrons. The Balaban J connectivity index is 1.91. The molecule has 1 saturated heterocycles. The Morgan fingerprint density at radius 2 is 1.86 bits per heavy atom. The second kappa shape index (κ2) is 8.11. The monoisotopic (exact) mass is 312 g/mol. The van der Waals surface area contributed by atoms with Crippen LogP contribution in [0.3, 0.4) is 0 Å². The van der Waals surface area contributed by atoms with Gasteiger partial charge in [0.25, 0.3) is 0 Å². The highest BCUT2D eigenvalue weighted by molar-refractivity contribution is 6.31. The van der Waals surface area contributed by atoms with Gasteiger partial charge in [0, 0.05) is 44.9 Å². The van der Waals surface area contributed by atoms with Crippen LogP contribution in [0.15, 0.2) is 24.3 Å². The summed E-state index contributed by atoms with van der Waals surface area (Å²) in [5, 5.41) is 4.18. The van der Waals surface area contributed by atoms with Crippen molar-refractivity contribution in [2.24, 2.45) is 0 Å². The molecule has 1 aromatic carbocycles. The molecule has 0 amide bonds. The number of methoxy groups -OCH3 is 2. The highest BCUT2D eigenvalue weighted by Gasteiger charge is 2.32. The van der Waals surface area contributed by atoms with Crippen molar-refractivity contribution in [2.75, 3.05) is 40.9 Å². The lowest BCUT2D eigenvalue weighted by Crippen LogP contribution is -2.28. The molecule has 0 aliphatic carbocycles. The highest BCUT2D eigenvalue weighted by Crippen LogP contribution is 2.26. The first-order valence-electron chi connectivity index (χ1n) is 7.39. The van der Waals surface area contributed by atoms with E-state index >= 15 is 0 Å². The quantitative estimate of drug-likeness (QED) is 0.838. The Labute approximate surface area is 132 Å². The van der Waals surface area contributed by atoms with Crippen LogP contribution in [-0.2, 0) is 9.47 Å². The van der Waals surface area contributed by atoms with Gasteiger partial charge in [0.1, 0.15) is 0 Å². The van der Waals surface area contributed by atoms with E-state index in [9.17, 15) is 0 Å². The van der Waals surface area contributed by atoms with Gasteiger partial charge in [-0.15, -0.1) is 0 Å². The molecule has 1 N–H and O–H groups in total. The molecule has 0 saturated carbocycles. The molecule has 2 rings (SSSR count). The minimum atomic E-state index is 0.170. The van der Waals surface area contributed by atoms with Crippen LogP contribution >= 0.6 is 11.6 Å². The predicted molar refractivity (Wildman–Crippen MR) is 85.9 cm³/mol. The first-order valence-corrected chi connectivity index (χ1v) is 7.77. The zero-order valence-electron chi connectivity index (χ0n) is 13.0. The Morgan fingerprint density at radius 1 is 1.24 bits per heavy atom. The number of ether oxygens (including phenoxy) is 2. The third kappa shape index (κ3) is 4.18. The van der Waals surface area contributed by atoms with Crippen molar-refractivity contribution >= 4 is 11.6 Å². The Bertz CT molecular complexity index is 432. The van der Waals surface area contributed by atoms with Crippen molar-refractivity contribution in [1.29, 1.82) is 0 Å². The molecule has 0 aromatic heterocycles. The van der Waals surface area contributed by atoms with E-state index in [0.29, 0.717) is 0 Å². The van der Waals surface area contributed by atoms with Crippen molar-refractivity contribution in [3.8, 4) is 0 Å².